The van der Waals surface area contributed by atoms with Crippen LogP contribution in [0.25, 0.3) is 11.0 Å². The molecular weight excluding hydrogens is 318 g/mol. The summed E-state index contributed by atoms with van der Waals surface area (Å²) in [6, 6.07) is 4.55. The van der Waals surface area contributed by atoms with E-state index in [-0.39, 0.29) is 5.69 Å². The number of aryl methyl sites for hydroxylation is 2. The molecule has 1 saturated carbocycles. The Morgan fingerprint density at radius 3 is 2.45 bits per heavy atom. The van der Waals surface area contributed by atoms with Crippen LogP contribution in [0.4, 0.5) is 0 Å². The van der Waals surface area contributed by atoms with Crippen LogP contribution in [0, 0.1) is 5.92 Å². The average Bonchev–Trinajstić information content (AvgIpc) is 3.23. The summed E-state index contributed by atoms with van der Waals surface area (Å²) in [7, 11) is 5.65. The molecule has 1 aromatic heterocycles. The van der Waals surface area contributed by atoms with Crippen molar-refractivity contribution in [1.82, 2.24) is 14.5 Å². The van der Waals surface area contributed by atoms with Gasteiger partial charge in [0.05, 0.1) is 11.0 Å². The van der Waals surface area contributed by atoms with Gasteiger partial charge in [-0.25, -0.2) is 4.79 Å². The molecule has 1 fully saturated rings. The molecule has 0 bridgehead atoms. The number of imidazole rings is 1. The Labute approximate surface area is 126 Å². The van der Waals surface area contributed by atoms with Crippen molar-refractivity contribution in [3.05, 3.63) is 32.7 Å². The highest BCUT2D eigenvalue weighted by Gasteiger charge is 2.27. The molecule has 0 saturated heterocycles. The Morgan fingerprint density at radius 2 is 1.90 bits per heavy atom. The van der Waals surface area contributed by atoms with E-state index in [0.717, 1.165) is 21.4 Å². The van der Waals surface area contributed by atoms with Gasteiger partial charge < -0.3 is 5.32 Å². The summed E-state index contributed by atoms with van der Waals surface area (Å²) in [6.07, 6.45) is 3.87. The van der Waals surface area contributed by atoms with Gasteiger partial charge in [-0.1, -0.05) is 28.8 Å². The molecule has 108 valence electrons. The number of aromatic nitrogens is 2. The molecule has 5 heteroatoms. The summed E-state index contributed by atoms with van der Waals surface area (Å²) in [5, 5.41) is 3.41. The van der Waals surface area contributed by atoms with E-state index in [2.05, 4.69) is 33.4 Å². The summed E-state index contributed by atoms with van der Waals surface area (Å²) < 4.78 is 4.49. The number of benzene rings is 1. The molecule has 1 aliphatic rings. The summed E-state index contributed by atoms with van der Waals surface area (Å²) >= 11 is 3.67. The molecule has 1 aliphatic carbocycles. The van der Waals surface area contributed by atoms with Crippen LogP contribution in [-0.2, 0) is 14.1 Å². The number of rotatable bonds is 4. The van der Waals surface area contributed by atoms with Gasteiger partial charge in [-0.3, -0.25) is 9.13 Å². The van der Waals surface area contributed by atoms with Crippen molar-refractivity contribution in [3.63, 3.8) is 0 Å². The van der Waals surface area contributed by atoms with Gasteiger partial charge in [-0.15, -0.1) is 0 Å². The average molecular weight is 338 g/mol. The molecule has 4 nitrogen and oxygen atoms in total. The zero-order valence-corrected chi connectivity index (χ0v) is 13.7. The van der Waals surface area contributed by atoms with Crippen molar-refractivity contribution < 1.29 is 0 Å². The van der Waals surface area contributed by atoms with Gasteiger partial charge in [0.2, 0.25) is 0 Å². The first-order valence-electron chi connectivity index (χ1n) is 7.05. The SMILES string of the molecule is CNC(CC1CC1)c1cc2c(cc1Br)n(C)c(=O)n2C. The van der Waals surface area contributed by atoms with E-state index in [0.29, 0.717) is 6.04 Å². The monoisotopic (exact) mass is 337 g/mol. The predicted molar refractivity (Wildman–Crippen MR) is 85.0 cm³/mol. The normalized spacial score (nSPS) is 16.8. The summed E-state index contributed by atoms with van der Waals surface area (Å²) in [5.41, 5.74) is 3.22. The third-order valence-corrected chi connectivity index (χ3v) is 5.07. The van der Waals surface area contributed by atoms with Gasteiger partial charge in [0.25, 0.3) is 0 Å². The van der Waals surface area contributed by atoms with Crippen LogP contribution in [0.3, 0.4) is 0 Å². The molecular formula is C15H20BrN3O. The largest absolute Gasteiger partial charge is 0.328 e. The van der Waals surface area contributed by atoms with Gasteiger partial charge in [0.15, 0.2) is 0 Å². The number of halogens is 1. The Balaban J connectivity index is 2.12. The van der Waals surface area contributed by atoms with E-state index < -0.39 is 0 Å². The lowest BCUT2D eigenvalue weighted by Gasteiger charge is -2.18. The fourth-order valence-electron chi connectivity index (χ4n) is 2.89. The quantitative estimate of drug-likeness (QED) is 0.931. The second-order valence-corrected chi connectivity index (χ2v) is 6.64. The Bertz CT molecular complexity index is 712. The Morgan fingerprint density at radius 1 is 1.30 bits per heavy atom. The molecule has 3 rings (SSSR count). The van der Waals surface area contributed by atoms with Crippen molar-refractivity contribution in [2.24, 2.45) is 20.0 Å². The van der Waals surface area contributed by atoms with Crippen LogP contribution in [0.15, 0.2) is 21.4 Å². The predicted octanol–water partition coefficient (Wildman–Crippen LogP) is 2.70. The minimum atomic E-state index is 0.0206. The summed E-state index contributed by atoms with van der Waals surface area (Å²) in [4.78, 5) is 12.0. The molecule has 0 spiro atoms. The Kier molecular flexibility index (Phi) is 3.50. The topological polar surface area (TPSA) is 39.0 Å². The molecule has 1 unspecified atom stereocenters. The molecule has 1 N–H and O–H groups in total. The highest BCUT2D eigenvalue weighted by atomic mass is 79.9. The first-order chi connectivity index (χ1) is 9.52. The van der Waals surface area contributed by atoms with Crippen LogP contribution in [-0.4, -0.2) is 16.2 Å². The number of nitrogens with zero attached hydrogens (tertiary/aromatic N) is 2. The molecule has 0 amide bonds. The van der Waals surface area contributed by atoms with Crippen LogP contribution < -0.4 is 11.0 Å². The fraction of sp³-hybridized carbons (Fsp3) is 0.533. The lowest BCUT2D eigenvalue weighted by atomic mass is 10.0. The van der Waals surface area contributed by atoms with Gasteiger partial charge >= 0.3 is 5.69 Å². The van der Waals surface area contributed by atoms with Gasteiger partial charge in [0, 0.05) is 24.6 Å². The number of nitrogens with one attached hydrogen (secondary N) is 1. The molecule has 1 atom stereocenters. The molecule has 1 heterocycles. The van der Waals surface area contributed by atoms with Crippen LogP contribution >= 0.6 is 15.9 Å². The fourth-order valence-corrected chi connectivity index (χ4v) is 3.50. The lowest BCUT2D eigenvalue weighted by molar-refractivity contribution is 0.513. The zero-order chi connectivity index (χ0) is 14.4. The molecule has 0 radical (unpaired) electrons. The third-order valence-electron chi connectivity index (χ3n) is 4.38. The molecule has 1 aromatic carbocycles. The Hall–Kier alpha value is -1.07. The maximum absolute atomic E-state index is 12.0. The maximum Gasteiger partial charge on any atom is 0.328 e. The lowest BCUT2D eigenvalue weighted by Crippen LogP contribution is -2.19. The third kappa shape index (κ3) is 2.23. The first-order valence-corrected chi connectivity index (χ1v) is 7.84. The summed E-state index contributed by atoms with van der Waals surface area (Å²) in [6.45, 7) is 0. The van der Waals surface area contributed by atoms with E-state index >= 15 is 0 Å². The van der Waals surface area contributed by atoms with E-state index in [4.69, 9.17) is 0 Å². The van der Waals surface area contributed by atoms with E-state index in [1.807, 2.05) is 21.1 Å². The van der Waals surface area contributed by atoms with Gasteiger partial charge in [-0.2, -0.15) is 0 Å². The number of fused-ring (bicyclic) bond motifs is 1. The van der Waals surface area contributed by atoms with Crippen molar-refractivity contribution in [2.75, 3.05) is 7.05 Å². The van der Waals surface area contributed by atoms with E-state index in [1.165, 1.54) is 24.8 Å². The molecule has 20 heavy (non-hydrogen) atoms. The molecule has 0 aliphatic heterocycles. The summed E-state index contributed by atoms with van der Waals surface area (Å²) in [5.74, 6) is 0.856. The van der Waals surface area contributed by atoms with Crippen molar-refractivity contribution in [2.45, 2.75) is 25.3 Å². The van der Waals surface area contributed by atoms with E-state index in [1.54, 1.807) is 9.13 Å². The maximum atomic E-state index is 12.0. The second-order valence-electron chi connectivity index (χ2n) is 5.78. The van der Waals surface area contributed by atoms with E-state index in [9.17, 15) is 4.79 Å². The zero-order valence-electron chi connectivity index (χ0n) is 12.1. The molecule has 2 aromatic rings. The van der Waals surface area contributed by atoms with Gasteiger partial charge in [-0.05, 0) is 37.1 Å². The highest BCUT2D eigenvalue weighted by Crippen LogP contribution is 2.39. The van der Waals surface area contributed by atoms with Gasteiger partial charge in [0.1, 0.15) is 0 Å². The standard InChI is InChI=1S/C15H20BrN3O/c1-17-12(6-9-4-5-9)10-7-13-14(8-11(10)16)19(3)15(20)18(13)2/h7-9,12,17H,4-6H2,1-3H3. The number of hydrogen-bond acceptors (Lipinski definition) is 2. The minimum absolute atomic E-state index is 0.0206. The van der Waals surface area contributed by atoms with Crippen LogP contribution in [0.1, 0.15) is 30.9 Å². The van der Waals surface area contributed by atoms with Crippen molar-refractivity contribution >= 4 is 27.0 Å². The first kappa shape index (κ1) is 13.9. The van der Waals surface area contributed by atoms with Crippen molar-refractivity contribution in [3.8, 4) is 0 Å². The number of hydrogen-bond donors (Lipinski definition) is 1. The van der Waals surface area contributed by atoms with Crippen LogP contribution in [0.5, 0.6) is 0 Å². The minimum Gasteiger partial charge on any atom is -0.313 e. The second kappa shape index (κ2) is 5.04. The highest BCUT2D eigenvalue weighted by molar-refractivity contribution is 9.10. The van der Waals surface area contributed by atoms with Crippen LogP contribution in [0.2, 0.25) is 0 Å². The van der Waals surface area contributed by atoms with Crippen molar-refractivity contribution in [1.29, 1.82) is 0 Å². The smallest absolute Gasteiger partial charge is 0.313 e.